The molecule has 2 N–H and O–H groups in total. The van der Waals surface area contributed by atoms with Gasteiger partial charge in [0.25, 0.3) is 0 Å². The number of rotatable bonds is 3. The second-order valence-corrected chi connectivity index (χ2v) is 4.16. The molecule has 1 aromatic carbocycles. The highest BCUT2D eigenvalue weighted by Crippen LogP contribution is 2.27. The highest BCUT2D eigenvalue weighted by molar-refractivity contribution is 9.10. The van der Waals surface area contributed by atoms with Gasteiger partial charge in [0.2, 0.25) is 0 Å². The van der Waals surface area contributed by atoms with Crippen molar-refractivity contribution >= 4 is 33.1 Å². The Morgan fingerprint density at radius 2 is 2.29 bits per heavy atom. The van der Waals surface area contributed by atoms with Crippen molar-refractivity contribution in [1.29, 1.82) is 0 Å². The molecular formula is C9H9BrFNOS. The zero-order valence-corrected chi connectivity index (χ0v) is 9.91. The quantitative estimate of drug-likeness (QED) is 0.862. The highest BCUT2D eigenvalue weighted by Gasteiger charge is 2.11. The molecule has 0 fully saturated rings. The van der Waals surface area contributed by atoms with Gasteiger partial charge in [-0.25, -0.2) is 4.39 Å². The summed E-state index contributed by atoms with van der Waals surface area (Å²) in [6.45, 7) is 0. The number of methoxy groups -OCH3 is 1. The Bertz CT molecular complexity index is 370. The van der Waals surface area contributed by atoms with Gasteiger partial charge in [0.05, 0.1) is 12.1 Å². The number of benzene rings is 1. The molecule has 1 aromatic rings. The lowest BCUT2D eigenvalue weighted by Gasteiger charge is -2.09. The third-order valence-corrected chi connectivity index (χ3v) is 2.26. The second kappa shape index (κ2) is 4.70. The summed E-state index contributed by atoms with van der Waals surface area (Å²) in [7, 11) is 1.41. The predicted octanol–water partition coefficient (Wildman–Crippen LogP) is 2.43. The van der Waals surface area contributed by atoms with Crippen LogP contribution in [0.3, 0.4) is 0 Å². The lowest BCUT2D eigenvalue weighted by atomic mass is 10.1. The van der Waals surface area contributed by atoms with E-state index in [1.54, 1.807) is 6.07 Å². The maximum atomic E-state index is 13.3. The van der Waals surface area contributed by atoms with Crippen molar-refractivity contribution in [3.63, 3.8) is 0 Å². The Balaban J connectivity index is 3.17. The summed E-state index contributed by atoms with van der Waals surface area (Å²) in [4.78, 5) is 0.306. The van der Waals surface area contributed by atoms with E-state index in [4.69, 9.17) is 22.7 Å². The van der Waals surface area contributed by atoms with Crippen LogP contribution in [0.2, 0.25) is 0 Å². The molecule has 0 aliphatic heterocycles. The fourth-order valence-electron chi connectivity index (χ4n) is 1.16. The molecule has 0 aliphatic rings. The van der Waals surface area contributed by atoms with Crippen molar-refractivity contribution in [3.05, 3.63) is 28.0 Å². The van der Waals surface area contributed by atoms with Crippen LogP contribution in [0.25, 0.3) is 0 Å². The smallest absolute Gasteiger partial charge is 0.166 e. The maximum Gasteiger partial charge on any atom is 0.166 e. The summed E-state index contributed by atoms with van der Waals surface area (Å²) >= 11 is 7.94. The monoisotopic (exact) mass is 277 g/mol. The summed E-state index contributed by atoms with van der Waals surface area (Å²) in [5.41, 5.74) is 6.03. The predicted molar refractivity (Wildman–Crippen MR) is 61.1 cm³/mol. The Hall–Kier alpha value is -0.680. The van der Waals surface area contributed by atoms with Crippen LogP contribution >= 0.6 is 28.1 Å². The molecule has 0 spiro atoms. The summed E-state index contributed by atoms with van der Waals surface area (Å²) in [6.07, 6.45) is 0.328. The number of hydrogen-bond acceptors (Lipinski definition) is 2. The van der Waals surface area contributed by atoms with Crippen LogP contribution in [-0.2, 0) is 6.42 Å². The first-order chi connectivity index (χ1) is 6.54. The minimum absolute atomic E-state index is 0.195. The van der Waals surface area contributed by atoms with E-state index in [-0.39, 0.29) is 5.75 Å². The van der Waals surface area contributed by atoms with Crippen LogP contribution in [0.15, 0.2) is 16.6 Å². The second-order valence-electron chi connectivity index (χ2n) is 2.72. The van der Waals surface area contributed by atoms with Gasteiger partial charge in [-0.3, -0.25) is 0 Å². The summed E-state index contributed by atoms with van der Waals surface area (Å²) in [5, 5.41) is 0. The molecule has 0 amide bonds. The van der Waals surface area contributed by atoms with E-state index in [9.17, 15) is 4.39 Å². The first kappa shape index (κ1) is 11.4. The van der Waals surface area contributed by atoms with Crippen molar-refractivity contribution in [2.75, 3.05) is 7.11 Å². The molecule has 1 rings (SSSR count). The average molecular weight is 278 g/mol. The Morgan fingerprint density at radius 3 is 2.79 bits per heavy atom. The maximum absolute atomic E-state index is 13.3. The Kier molecular flexibility index (Phi) is 3.83. The molecule has 0 aromatic heterocycles. The fraction of sp³-hybridized carbons (Fsp3) is 0.222. The molecule has 2 nitrogen and oxygen atoms in total. The molecule has 14 heavy (non-hydrogen) atoms. The van der Waals surface area contributed by atoms with Gasteiger partial charge in [-0.2, -0.15) is 0 Å². The van der Waals surface area contributed by atoms with Gasteiger partial charge in [0.1, 0.15) is 0 Å². The summed E-state index contributed by atoms with van der Waals surface area (Å²) in [6, 6.07) is 3.07. The zero-order valence-electron chi connectivity index (χ0n) is 7.51. The van der Waals surface area contributed by atoms with Gasteiger partial charge in [-0.15, -0.1) is 0 Å². The van der Waals surface area contributed by atoms with Crippen LogP contribution in [0, 0.1) is 5.82 Å². The number of hydrogen-bond donors (Lipinski definition) is 1. The SMILES string of the molecule is COc1c(F)cc(Br)cc1CC(N)=S. The van der Waals surface area contributed by atoms with Crippen molar-refractivity contribution in [3.8, 4) is 5.75 Å². The molecular weight excluding hydrogens is 269 g/mol. The molecule has 76 valence electrons. The van der Waals surface area contributed by atoms with Crippen molar-refractivity contribution < 1.29 is 9.13 Å². The molecule has 0 unspecified atom stereocenters. The lowest BCUT2D eigenvalue weighted by molar-refractivity contribution is 0.382. The van der Waals surface area contributed by atoms with Gasteiger partial charge in [0, 0.05) is 16.5 Å². The largest absolute Gasteiger partial charge is 0.493 e. The normalized spacial score (nSPS) is 9.93. The van der Waals surface area contributed by atoms with Gasteiger partial charge in [-0.05, 0) is 12.1 Å². The first-order valence-electron chi connectivity index (χ1n) is 3.84. The molecule has 5 heteroatoms. The van der Waals surface area contributed by atoms with Crippen LogP contribution in [0.5, 0.6) is 5.75 Å². The first-order valence-corrected chi connectivity index (χ1v) is 5.05. The number of nitrogens with two attached hydrogens (primary N) is 1. The van der Waals surface area contributed by atoms with Crippen LogP contribution in [0.4, 0.5) is 4.39 Å². The molecule has 0 aliphatic carbocycles. The third-order valence-electron chi connectivity index (χ3n) is 1.65. The average Bonchev–Trinajstić information content (AvgIpc) is 2.01. The van der Waals surface area contributed by atoms with E-state index in [1.165, 1.54) is 13.2 Å². The molecule has 0 bridgehead atoms. The molecule has 0 radical (unpaired) electrons. The fourth-order valence-corrected chi connectivity index (χ4v) is 1.79. The van der Waals surface area contributed by atoms with E-state index in [1.807, 2.05) is 0 Å². The minimum atomic E-state index is -0.423. The van der Waals surface area contributed by atoms with Crippen LogP contribution < -0.4 is 10.5 Å². The summed E-state index contributed by atoms with van der Waals surface area (Å²) in [5.74, 6) is -0.228. The Morgan fingerprint density at radius 1 is 1.64 bits per heavy atom. The lowest BCUT2D eigenvalue weighted by Crippen LogP contribution is -2.12. The highest BCUT2D eigenvalue weighted by atomic mass is 79.9. The number of halogens is 2. The summed E-state index contributed by atoms with van der Waals surface area (Å²) < 4.78 is 18.9. The van der Waals surface area contributed by atoms with Crippen molar-refractivity contribution in [1.82, 2.24) is 0 Å². The van der Waals surface area contributed by atoms with Crippen molar-refractivity contribution in [2.45, 2.75) is 6.42 Å². The van der Waals surface area contributed by atoms with E-state index in [0.29, 0.717) is 21.4 Å². The van der Waals surface area contributed by atoms with Gasteiger partial charge in [0.15, 0.2) is 11.6 Å². The number of thiocarbonyl (C=S) groups is 1. The van der Waals surface area contributed by atoms with Crippen molar-refractivity contribution in [2.24, 2.45) is 5.73 Å². The van der Waals surface area contributed by atoms with Crippen LogP contribution in [-0.4, -0.2) is 12.1 Å². The van der Waals surface area contributed by atoms with E-state index in [2.05, 4.69) is 15.9 Å². The number of ether oxygens (including phenoxy) is 1. The van der Waals surface area contributed by atoms with Gasteiger partial charge < -0.3 is 10.5 Å². The Labute approximate surface area is 95.4 Å². The van der Waals surface area contributed by atoms with Gasteiger partial charge >= 0.3 is 0 Å². The zero-order chi connectivity index (χ0) is 10.7. The van der Waals surface area contributed by atoms with E-state index in [0.717, 1.165) is 0 Å². The van der Waals surface area contributed by atoms with Crippen LogP contribution in [0.1, 0.15) is 5.56 Å². The standard InChI is InChI=1S/C9H9BrFNOS/c1-13-9-5(3-8(12)14)2-6(10)4-7(9)11/h2,4H,3H2,1H3,(H2,12,14). The molecule has 0 atom stereocenters. The molecule has 0 saturated carbocycles. The molecule has 0 saturated heterocycles. The van der Waals surface area contributed by atoms with E-state index < -0.39 is 5.82 Å². The topological polar surface area (TPSA) is 35.2 Å². The molecule has 0 heterocycles. The third kappa shape index (κ3) is 2.65. The minimum Gasteiger partial charge on any atom is -0.493 e. The van der Waals surface area contributed by atoms with E-state index >= 15 is 0 Å². The van der Waals surface area contributed by atoms with Gasteiger partial charge in [-0.1, -0.05) is 28.1 Å².